The van der Waals surface area contributed by atoms with Crippen LogP contribution in [0.15, 0.2) is 97.6 Å². The predicted molar refractivity (Wildman–Crippen MR) is 116 cm³/mol. The zero-order valence-corrected chi connectivity index (χ0v) is 16.5. The van der Waals surface area contributed by atoms with E-state index in [1.807, 2.05) is 60.7 Å². The van der Waals surface area contributed by atoms with Crippen LogP contribution in [0.25, 0.3) is 11.8 Å². The largest absolute Gasteiger partial charge is 0.362 e. The van der Waals surface area contributed by atoms with Crippen LogP contribution in [-0.2, 0) is 11.3 Å². The average Bonchev–Trinajstić information content (AvgIpc) is 3.30. The highest BCUT2D eigenvalue weighted by Gasteiger charge is 2.20. The number of hydrogen-bond donors (Lipinski definition) is 0. The van der Waals surface area contributed by atoms with Gasteiger partial charge in [-0.05, 0) is 34.9 Å². The second-order valence-electron chi connectivity index (χ2n) is 6.55. The van der Waals surface area contributed by atoms with Gasteiger partial charge >= 0.3 is 0 Å². The molecule has 3 aromatic carbocycles. The first-order chi connectivity index (χ1) is 14.3. The maximum absolute atomic E-state index is 6.41. The predicted octanol–water partition coefficient (Wildman–Crippen LogP) is 5.89. The summed E-state index contributed by atoms with van der Waals surface area (Å²) in [4.78, 5) is 4.13. The number of halogens is 1. The molecule has 0 aliphatic heterocycles. The third kappa shape index (κ3) is 4.99. The summed E-state index contributed by atoms with van der Waals surface area (Å²) in [6.45, 7) is 0.442. The van der Waals surface area contributed by atoms with Gasteiger partial charge in [-0.2, -0.15) is 5.10 Å². The summed E-state index contributed by atoms with van der Waals surface area (Å²) in [5.74, 6) is 0. The lowest BCUT2D eigenvalue weighted by Gasteiger charge is -2.22. The summed E-state index contributed by atoms with van der Waals surface area (Å²) in [6, 6.07) is 27.9. The maximum atomic E-state index is 6.41. The van der Waals surface area contributed by atoms with E-state index in [9.17, 15) is 0 Å². The van der Waals surface area contributed by atoms with Crippen LogP contribution in [0.4, 0.5) is 0 Å². The van der Waals surface area contributed by atoms with Crippen molar-refractivity contribution in [3.63, 3.8) is 0 Å². The van der Waals surface area contributed by atoms with Crippen LogP contribution in [0.5, 0.6) is 0 Å². The molecule has 1 heterocycles. The van der Waals surface area contributed by atoms with E-state index in [2.05, 4.69) is 40.4 Å². The Kier molecular flexibility index (Phi) is 6.15. The van der Waals surface area contributed by atoms with Gasteiger partial charge in [-0.15, -0.1) is 0 Å². The van der Waals surface area contributed by atoms with Crippen molar-refractivity contribution >= 4 is 23.4 Å². The van der Waals surface area contributed by atoms with Crippen molar-refractivity contribution in [3.8, 4) is 0 Å². The monoisotopic (exact) mass is 401 g/mol. The summed E-state index contributed by atoms with van der Waals surface area (Å²) >= 11 is 6.01. The van der Waals surface area contributed by atoms with Gasteiger partial charge in [0.25, 0.3) is 0 Å². The van der Waals surface area contributed by atoms with Crippen molar-refractivity contribution in [2.24, 2.45) is 0 Å². The fourth-order valence-corrected chi connectivity index (χ4v) is 3.19. The Morgan fingerprint density at radius 1 is 0.931 bits per heavy atom. The molecule has 1 atom stereocenters. The topological polar surface area (TPSA) is 39.9 Å². The molecule has 29 heavy (non-hydrogen) atoms. The molecule has 1 unspecified atom stereocenters. The molecule has 0 bridgehead atoms. The molecule has 0 aliphatic rings. The van der Waals surface area contributed by atoms with Crippen LogP contribution in [0.1, 0.15) is 22.8 Å². The van der Waals surface area contributed by atoms with Gasteiger partial charge < -0.3 is 4.74 Å². The van der Waals surface area contributed by atoms with E-state index in [-0.39, 0.29) is 6.10 Å². The van der Waals surface area contributed by atoms with E-state index in [0.29, 0.717) is 11.6 Å². The molecule has 0 saturated heterocycles. The van der Waals surface area contributed by atoms with E-state index in [1.54, 1.807) is 11.0 Å². The Morgan fingerprint density at radius 2 is 1.62 bits per heavy atom. The van der Waals surface area contributed by atoms with Crippen LogP contribution in [-0.4, -0.2) is 14.8 Å². The van der Waals surface area contributed by atoms with Gasteiger partial charge in [0.15, 0.2) is 0 Å². The number of rotatable bonds is 7. The zero-order valence-electron chi connectivity index (χ0n) is 15.7. The fourth-order valence-electron chi connectivity index (χ4n) is 3.06. The Balaban J connectivity index is 1.72. The molecule has 0 aliphatic carbocycles. The molecule has 4 nitrogen and oxygen atoms in total. The molecule has 4 aromatic rings. The fraction of sp³-hybridized carbons (Fsp3) is 0.0833. The van der Waals surface area contributed by atoms with Gasteiger partial charge in [-0.25, -0.2) is 9.67 Å². The highest BCUT2D eigenvalue weighted by Crippen LogP contribution is 2.31. The minimum Gasteiger partial charge on any atom is -0.362 e. The van der Waals surface area contributed by atoms with Crippen molar-refractivity contribution in [2.45, 2.75) is 12.7 Å². The Hall–Kier alpha value is -3.21. The van der Waals surface area contributed by atoms with E-state index in [4.69, 9.17) is 16.3 Å². The van der Waals surface area contributed by atoms with Crippen molar-refractivity contribution < 1.29 is 4.74 Å². The van der Waals surface area contributed by atoms with Crippen molar-refractivity contribution in [1.82, 2.24) is 14.8 Å². The first-order valence-corrected chi connectivity index (χ1v) is 9.70. The van der Waals surface area contributed by atoms with Crippen molar-refractivity contribution in [1.29, 1.82) is 0 Å². The molecule has 0 amide bonds. The quantitative estimate of drug-likeness (QED) is 0.387. The second-order valence-corrected chi connectivity index (χ2v) is 6.98. The minimum absolute atomic E-state index is 0.325. The molecule has 0 fully saturated rings. The number of benzene rings is 3. The van der Waals surface area contributed by atoms with Crippen LogP contribution >= 0.6 is 11.6 Å². The lowest BCUT2D eigenvalue weighted by Crippen LogP contribution is -2.12. The Bertz CT molecular complexity index is 1050. The third-order valence-corrected chi connectivity index (χ3v) is 4.75. The minimum atomic E-state index is -0.325. The van der Waals surface area contributed by atoms with Crippen molar-refractivity contribution in [2.75, 3.05) is 0 Å². The smallest absolute Gasteiger partial charge is 0.138 e. The first-order valence-electron chi connectivity index (χ1n) is 9.32. The summed E-state index contributed by atoms with van der Waals surface area (Å²) in [5.41, 5.74) is 4.04. The normalized spacial score (nSPS) is 12.7. The Morgan fingerprint density at radius 3 is 2.28 bits per heavy atom. The summed E-state index contributed by atoms with van der Waals surface area (Å²) < 4.78 is 8.17. The molecule has 0 saturated carbocycles. The van der Waals surface area contributed by atoms with Gasteiger partial charge in [0.05, 0.1) is 12.3 Å². The summed E-state index contributed by atoms with van der Waals surface area (Å²) in [6.07, 6.45) is 4.97. The number of aromatic nitrogens is 3. The van der Waals surface area contributed by atoms with Crippen molar-refractivity contribution in [3.05, 3.63) is 119 Å². The van der Waals surface area contributed by atoms with Gasteiger partial charge in [0.2, 0.25) is 0 Å². The number of hydrogen-bond acceptors (Lipinski definition) is 3. The van der Waals surface area contributed by atoms with E-state index in [0.717, 1.165) is 22.4 Å². The third-order valence-electron chi connectivity index (χ3n) is 4.50. The average molecular weight is 402 g/mol. The maximum Gasteiger partial charge on any atom is 0.138 e. The molecule has 144 valence electrons. The molecular weight excluding hydrogens is 382 g/mol. The molecule has 0 spiro atoms. The summed E-state index contributed by atoms with van der Waals surface area (Å²) in [5, 5.41) is 5.07. The molecule has 0 radical (unpaired) electrons. The van der Waals surface area contributed by atoms with E-state index < -0.39 is 0 Å². The van der Waals surface area contributed by atoms with Crippen LogP contribution < -0.4 is 0 Å². The van der Waals surface area contributed by atoms with Crippen LogP contribution in [0.2, 0.25) is 5.02 Å². The van der Waals surface area contributed by atoms with Gasteiger partial charge in [0, 0.05) is 5.02 Å². The van der Waals surface area contributed by atoms with Gasteiger partial charge in [-0.1, -0.05) is 84.4 Å². The van der Waals surface area contributed by atoms with Gasteiger partial charge in [-0.3, -0.25) is 0 Å². The second kappa shape index (κ2) is 9.32. The molecule has 4 rings (SSSR count). The molecule has 5 heteroatoms. The standard InChI is InChI=1S/C24H20ClN3O/c25-22-13-11-20(12-14-22)16-29-24(21-9-5-2-6-10-21)23(28-18-26-17-27-28)15-19-7-3-1-4-8-19/h1-15,17-18,24H,16H2. The zero-order chi connectivity index (χ0) is 19.9. The number of ether oxygens (including phenoxy) is 1. The number of nitrogens with zero attached hydrogens (tertiary/aromatic N) is 3. The lowest BCUT2D eigenvalue weighted by molar-refractivity contribution is 0.0747. The van der Waals surface area contributed by atoms with Crippen LogP contribution in [0, 0.1) is 0 Å². The first kappa shape index (κ1) is 19.1. The highest BCUT2D eigenvalue weighted by atomic mass is 35.5. The summed E-state index contributed by atoms with van der Waals surface area (Å²) in [7, 11) is 0. The molecule has 1 aromatic heterocycles. The molecular formula is C24H20ClN3O. The van der Waals surface area contributed by atoms with E-state index in [1.165, 1.54) is 6.33 Å². The lowest BCUT2D eigenvalue weighted by atomic mass is 10.0. The highest BCUT2D eigenvalue weighted by molar-refractivity contribution is 6.30. The van der Waals surface area contributed by atoms with E-state index >= 15 is 0 Å². The molecule has 0 N–H and O–H groups in total. The SMILES string of the molecule is Clc1ccc(COC(C(=Cc2ccccc2)n2cncn2)c2ccccc2)cc1. The van der Waals surface area contributed by atoms with Gasteiger partial charge in [0.1, 0.15) is 18.8 Å². The Labute approximate surface area is 175 Å². The van der Waals surface area contributed by atoms with Crippen LogP contribution in [0.3, 0.4) is 0 Å².